The van der Waals surface area contributed by atoms with Crippen molar-refractivity contribution in [1.29, 1.82) is 0 Å². The largest absolute Gasteiger partial charge is 0.393 e. The first-order valence-electron chi connectivity index (χ1n) is 13.8. The Labute approximate surface area is 197 Å². The van der Waals surface area contributed by atoms with Crippen molar-refractivity contribution in [3.63, 3.8) is 0 Å². The summed E-state index contributed by atoms with van der Waals surface area (Å²) in [7, 11) is 0. The fraction of sp³-hybridized carbons (Fsp3) is 0.933. The van der Waals surface area contributed by atoms with Crippen LogP contribution in [-0.4, -0.2) is 22.4 Å². The van der Waals surface area contributed by atoms with Crippen molar-refractivity contribution in [3.05, 3.63) is 11.6 Å². The first-order valence-corrected chi connectivity index (χ1v) is 13.8. The van der Waals surface area contributed by atoms with Crippen molar-refractivity contribution in [3.8, 4) is 0 Å². The van der Waals surface area contributed by atoms with Gasteiger partial charge in [0.1, 0.15) is 0 Å². The molecule has 2 heteroatoms. The molecule has 0 aliphatic heterocycles. The lowest BCUT2D eigenvalue weighted by Crippen LogP contribution is -2.66. The quantitative estimate of drug-likeness (QED) is 0.397. The van der Waals surface area contributed by atoms with E-state index in [1.165, 1.54) is 32.1 Å². The monoisotopic (exact) mass is 442 g/mol. The van der Waals surface area contributed by atoms with Gasteiger partial charge < -0.3 is 10.2 Å². The summed E-state index contributed by atoms with van der Waals surface area (Å²) in [5.41, 5.74) is 2.34. The zero-order chi connectivity index (χ0) is 23.5. The summed E-state index contributed by atoms with van der Waals surface area (Å²) in [5.74, 6) is 3.13. The predicted molar refractivity (Wildman–Crippen MR) is 132 cm³/mol. The summed E-state index contributed by atoms with van der Waals surface area (Å²) in [6.45, 7) is 19.7. The lowest BCUT2D eigenvalue weighted by Gasteiger charge is -2.72. The number of rotatable bonds is 0. The third-order valence-electron chi connectivity index (χ3n) is 13.5. The van der Waals surface area contributed by atoms with Crippen LogP contribution >= 0.6 is 0 Å². The van der Waals surface area contributed by atoms with Gasteiger partial charge in [-0.1, -0.05) is 67.0 Å². The summed E-state index contributed by atoms with van der Waals surface area (Å²) in [5, 5.41) is 22.6. The molecule has 2 nitrogen and oxygen atoms in total. The van der Waals surface area contributed by atoms with E-state index in [0.29, 0.717) is 23.7 Å². The van der Waals surface area contributed by atoms with E-state index in [1.54, 1.807) is 5.57 Å². The van der Waals surface area contributed by atoms with Gasteiger partial charge in [-0.3, -0.25) is 0 Å². The number of aliphatic hydroxyl groups excluding tert-OH is 2. The van der Waals surface area contributed by atoms with Crippen LogP contribution in [0.5, 0.6) is 0 Å². The van der Waals surface area contributed by atoms with Gasteiger partial charge in [0.2, 0.25) is 0 Å². The number of hydrogen-bond donors (Lipinski definition) is 2. The van der Waals surface area contributed by atoms with E-state index in [0.717, 1.165) is 25.2 Å². The van der Waals surface area contributed by atoms with Crippen molar-refractivity contribution in [1.82, 2.24) is 0 Å². The maximum Gasteiger partial charge on any atom is 0.0608 e. The molecule has 32 heavy (non-hydrogen) atoms. The Morgan fingerprint density at radius 2 is 1.44 bits per heavy atom. The zero-order valence-electron chi connectivity index (χ0n) is 22.2. The number of hydrogen-bond acceptors (Lipinski definition) is 2. The highest BCUT2D eigenvalue weighted by Crippen LogP contribution is 2.75. The molecule has 0 spiro atoms. The Bertz CT molecular complexity index is 814. The maximum absolute atomic E-state index is 11.7. The first kappa shape index (κ1) is 23.4. The highest BCUT2D eigenvalue weighted by atomic mass is 16.3. The summed E-state index contributed by atoms with van der Waals surface area (Å²) in [4.78, 5) is 0. The van der Waals surface area contributed by atoms with Crippen LogP contribution in [-0.2, 0) is 0 Å². The molecule has 4 saturated carbocycles. The van der Waals surface area contributed by atoms with Crippen LogP contribution in [0.1, 0.15) is 107 Å². The molecule has 5 rings (SSSR count). The fourth-order valence-corrected chi connectivity index (χ4v) is 10.9. The Kier molecular flexibility index (Phi) is 5.02. The van der Waals surface area contributed by atoms with Crippen molar-refractivity contribution in [2.24, 2.45) is 56.7 Å². The molecule has 0 amide bonds. The first-order chi connectivity index (χ1) is 14.7. The predicted octanol–water partition coefficient (Wildman–Crippen LogP) is 7.00. The van der Waals surface area contributed by atoms with Crippen molar-refractivity contribution >= 4 is 0 Å². The molecule has 0 heterocycles. The molecule has 11 atom stereocenters. The molecule has 0 unspecified atom stereocenters. The van der Waals surface area contributed by atoms with Crippen LogP contribution in [0.25, 0.3) is 0 Å². The molecule has 0 aromatic carbocycles. The zero-order valence-corrected chi connectivity index (χ0v) is 22.2. The number of aliphatic hydroxyl groups is 2. The maximum atomic E-state index is 11.7. The highest BCUT2D eigenvalue weighted by Gasteiger charge is 2.69. The van der Waals surface area contributed by atoms with E-state index >= 15 is 0 Å². The van der Waals surface area contributed by atoms with Gasteiger partial charge in [-0.2, -0.15) is 0 Å². The minimum Gasteiger partial charge on any atom is -0.393 e. The topological polar surface area (TPSA) is 40.5 Å². The van der Waals surface area contributed by atoms with Crippen molar-refractivity contribution < 1.29 is 10.2 Å². The van der Waals surface area contributed by atoms with E-state index in [4.69, 9.17) is 0 Å². The van der Waals surface area contributed by atoms with Gasteiger partial charge in [-0.05, 0) is 103 Å². The summed E-state index contributed by atoms with van der Waals surface area (Å²) >= 11 is 0. The average molecular weight is 443 g/mol. The lowest BCUT2D eigenvalue weighted by molar-refractivity contribution is -0.215. The van der Waals surface area contributed by atoms with Gasteiger partial charge in [-0.15, -0.1) is 0 Å². The second-order valence-corrected chi connectivity index (χ2v) is 14.7. The minimum atomic E-state index is -0.199. The SMILES string of the molecule is C[C@H]1[C@H](C)CC[C@]2(C)[C@H](O)C[C@]3(C)C(=CC[C@@H]4[C@@]5(C)CC[C@H](O)C(C)(C)[C@@H]5CC[C@]43C)[C@H]12. The Hall–Kier alpha value is -0.340. The Balaban J connectivity index is 1.61. The minimum absolute atomic E-state index is 0.00278. The van der Waals surface area contributed by atoms with E-state index in [-0.39, 0.29) is 39.3 Å². The molecule has 0 aromatic rings. The van der Waals surface area contributed by atoms with Crippen LogP contribution in [0.4, 0.5) is 0 Å². The second-order valence-electron chi connectivity index (χ2n) is 14.7. The Morgan fingerprint density at radius 3 is 2.12 bits per heavy atom. The van der Waals surface area contributed by atoms with Gasteiger partial charge >= 0.3 is 0 Å². The molecule has 2 N–H and O–H groups in total. The van der Waals surface area contributed by atoms with Crippen LogP contribution < -0.4 is 0 Å². The number of fused-ring (bicyclic) bond motifs is 7. The van der Waals surface area contributed by atoms with Crippen LogP contribution in [0.15, 0.2) is 11.6 Å². The highest BCUT2D eigenvalue weighted by molar-refractivity contribution is 5.35. The molecule has 0 saturated heterocycles. The van der Waals surface area contributed by atoms with E-state index in [1.807, 2.05) is 0 Å². The molecule has 182 valence electrons. The molecule has 0 bridgehead atoms. The smallest absolute Gasteiger partial charge is 0.0608 e. The third-order valence-corrected chi connectivity index (χ3v) is 13.5. The average Bonchev–Trinajstić information content (AvgIpc) is 2.70. The number of allylic oxidation sites excluding steroid dienone is 2. The second kappa shape index (κ2) is 6.87. The summed E-state index contributed by atoms with van der Waals surface area (Å²) < 4.78 is 0. The summed E-state index contributed by atoms with van der Waals surface area (Å²) in [6, 6.07) is 0. The third kappa shape index (κ3) is 2.61. The van der Waals surface area contributed by atoms with Crippen LogP contribution in [0.2, 0.25) is 0 Å². The van der Waals surface area contributed by atoms with Crippen molar-refractivity contribution in [2.45, 2.75) is 119 Å². The van der Waals surface area contributed by atoms with E-state index in [2.05, 4.69) is 61.5 Å². The molecular weight excluding hydrogens is 392 g/mol. The van der Waals surface area contributed by atoms with Gasteiger partial charge in [0.25, 0.3) is 0 Å². The van der Waals surface area contributed by atoms with Gasteiger partial charge in [-0.25, -0.2) is 0 Å². The van der Waals surface area contributed by atoms with Crippen LogP contribution in [0.3, 0.4) is 0 Å². The Morgan fingerprint density at radius 1 is 0.781 bits per heavy atom. The van der Waals surface area contributed by atoms with Gasteiger partial charge in [0, 0.05) is 5.41 Å². The lowest BCUT2D eigenvalue weighted by atomic mass is 9.33. The van der Waals surface area contributed by atoms with E-state index in [9.17, 15) is 10.2 Å². The fourth-order valence-electron chi connectivity index (χ4n) is 10.9. The molecule has 4 fully saturated rings. The van der Waals surface area contributed by atoms with Crippen LogP contribution in [0, 0.1) is 56.7 Å². The normalized spacial score (nSPS) is 59.2. The molecule has 5 aliphatic carbocycles. The van der Waals surface area contributed by atoms with Crippen molar-refractivity contribution in [2.75, 3.05) is 0 Å². The molecule has 0 radical (unpaired) electrons. The van der Waals surface area contributed by atoms with Gasteiger partial charge in [0.15, 0.2) is 0 Å². The summed E-state index contributed by atoms with van der Waals surface area (Å²) in [6.07, 6.45) is 11.4. The standard InChI is InChI=1S/C30H50O2/c1-18-11-14-28(6)24(32)17-30(8)20(25(28)19(18)2)9-10-22-27(5)15-13-23(31)26(3,4)21(27)12-16-29(22,30)7/h9,18-19,21-25,31-32H,10-17H2,1-8H3/t18-,19+,21+,22-,23+,24-,25+,27+,28-,29-,30-/m1/s1. The van der Waals surface area contributed by atoms with E-state index < -0.39 is 0 Å². The molecular formula is C30H50O2. The molecule has 5 aliphatic rings. The molecule has 0 aromatic heterocycles. The van der Waals surface area contributed by atoms with Gasteiger partial charge in [0.05, 0.1) is 12.2 Å².